The summed E-state index contributed by atoms with van der Waals surface area (Å²) in [6, 6.07) is 9.00. The van der Waals surface area contributed by atoms with Gasteiger partial charge in [-0.1, -0.05) is 18.5 Å². The van der Waals surface area contributed by atoms with E-state index in [4.69, 9.17) is 11.6 Å². The molecule has 5 heteroatoms. The van der Waals surface area contributed by atoms with Crippen LogP contribution in [-0.2, 0) is 0 Å². The van der Waals surface area contributed by atoms with E-state index in [1.54, 1.807) is 28.7 Å². The fourth-order valence-corrected chi connectivity index (χ4v) is 4.76. The fraction of sp³-hybridized carbons (Fsp3) is 0.250. The van der Waals surface area contributed by atoms with Gasteiger partial charge >= 0.3 is 0 Å². The molecule has 0 saturated heterocycles. The van der Waals surface area contributed by atoms with E-state index >= 15 is 0 Å². The second kappa shape index (κ2) is 6.44. The van der Waals surface area contributed by atoms with Gasteiger partial charge in [-0.05, 0) is 54.1 Å². The minimum atomic E-state index is -0.195. The zero-order valence-electron chi connectivity index (χ0n) is 11.5. The van der Waals surface area contributed by atoms with Gasteiger partial charge in [-0.25, -0.2) is 4.39 Å². The van der Waals surface area contributed by atoms with Crippen LogP contribution in [0.2, 0.25) is 5.02 Å². The third-order valence-corrected chi connectivity index (χ3v) is 5.89. The zero-order chi connectivity index (χ0) is 14.8. The van der Waals surface area contributed by atoms with Gasteiger partial charge in [0.05, 0.1) is 11.1 Å². The molecule has 2 aromatic heterocycles. The molecule has 0 saturated carbocycles. The van der Waals surface area contributed by atoms with Crippen molar-refractivity contribution >= 4 is 44.4 Å². The maximum atomic E-state index is 13.4. The number of hydrogen-bond donors (Lipinski definition) is 1. The summed E-state index contributed by atoms with van der Waals surface area (Å²) in [6.45, 7) is 3.06. The Morgan fingerprint density at radius 2 is 2.14 bits per heavy atom. The maximum Gasteiger partial charge on any atom is 0.123 e. The monoisotopic (exact) mass is 339 g/mol. The molecule has 0 bridgehead atoms. The Balaban J connectivity index is 2.03. The van der Waals surface area contributed by atoms with E-state index in [0.717, 1.165) is 33.0 Å². The number of nitrogens with one attached hydrogen (secondary N) is 1. The molecule has 3 aromatic rings. The van der Waals surface area contributed by atoms with Gasteiger partial charge < -0.3 is 5.32 Å². The summed E-state index contributed by atoms with van der Waals surface area (Å²) < 4.78 is 14.5. The van der Waals surface area contributed by atoms with E-state index in [1.807, 2.05) is 17.5 Å². The minimum Gasteiger partial charge on any atom is -0.305 e. The molecule has 1 N–H and O–H groups in total. The molecule has 0 aliphatic rings. The molecule has 21 heavy (non-hydrogen) atoms. The highest BCUT2D eigenvalue weighted by molar-refractivity contribution is 7.19. The third-order valence-electron chi connectivity index (χ3n) is 3.29. The number of rotatable bonds is 5. The van der Waals surface area contributed by atoms with Crippen LogP contribution in [0.5, 0.6) is 0 Å². The average molecular weight is 340 g/mol. The molecule has 2 heterocycles. The molecule has 1 aromatic carbocycles. The Bertz CT molecular complexity index is 750. The lowest BCUT2D eigenvalue weighted by Gasteiger charge is -2.16. The predicted octanol–water partition coefficient (Wildman–Crippen LogP) is 5.84. The maximum absolute atomic E-state index is 13.4. The molecule has 0 aliphatic heterocycles. The SMILES string of the molecule is CCCNC(c1cc2cc(F)ccc2s1)c1sccc1Cl. The molecular formula is C16H15ClFNS2. The van der Waals surface area contributed by atoms with Crippen molar-refractivity contribution in [2.75, 3.05) is 6.54 Å². The van der Waals surface area contributed by atoms with E-state index in [2.05, 4.69) is 18.3 Å². The van der Waals surface area contributed by atoms with Crippen LogP contribution in [0.3, 0.4) is 0 Å². The molecule has 0 spiro atoms. The minimum absolute atomic E-state index is 0.0814. The number of thiophene rings is 2. The zero-order valence-corrected chi connectivity index (χ0v) is 13.9. The Hall–Kier alpha value is -0.940. The van der Waals surface area contributed by atoms with Crippen molar-refractivity contribution in [1.82, 2.24) is 5.32 Å². The predicted molar refractivity (Wildman–Crippen MR) is 91.2 cm³/mol. The van der Waals surface area contributed by atoms with Gasteiger partial charge in [0.2, 0.25) is 0 Å². The summed E-state index contributed by atoms with van der Waals surface area (Å²) >= 11 is 9.65. The van der Waals surface area contributed by atoms with Crippen molar-refractivity contribution < 1.29 is 4.39 Å². The van der Waals surface area contributed by atoms with Gasteiger partial charge in [-0.15, -0.1) is 22.7 Å². The summed E-state index contributed by atoms with van der Waals surface area (Å²) in [4.78, 5) is 2.30. The lowest BCUT2D eigenvalue weighted by molar-refractivity contribution is 0.613. The van der Waals surface area contributed by atoms with E-state index in [0.29, 0.717) is 0 Å². The molecule has 0 radical (unpaired) electrons. The highest BCUT2D eigenvalue weighted by Crippen LogP contribution is 2.38. The van der Waals surface area contributed by atoms with Gasteiger partial charge in [-0.3, -0.25) is 0 Å². The van der Waals surface area contributed by atoms with Gasteiger partial charge in [0.15, 0.2) is 0 Å². The summed E-state index contributed by atoms with van der Waals surface area (Å²) in [6.07, 6.45) is 1.05. The molecule has 0 aliphatic carbocycles. The van der Waals surface area contributed by atoms with Crippen molar-refractivity contribution in [3.63, 3.8) is 0 Å². The number of halogens is 2. The number of benzene rings is 1. The first-order valence-electron chi connectivity index (χ1n) is 6.84. The molecule has 110 valence electrons. The van der Waals surface area contributed by atoms with Crippen molar-refractivity contribution in [3.05, 3.63) is 56.3 Å². The second-order valence-corrected chi connectivity index (χ2v) is 7.32. The van der Waals surface area contributed by atoms with Crippen LogP contribution >= 0.6 is 34.3 Å². The van der Waals surface area contributed by atoms with Gasteiger partial charge in [-0.2, -0.15) is 0 Å². The van der Waals surface area contributed by atoms with Crippen LogP contribution in [0.25, 0.3) is 10.1 Å². The molecule has 0 amide bonds. The van der Waals surface area contributed by atoms with Crippen LogP contribution < -0.4 is 5.32 Å². The molecule has 1 unspecified atom stereocenters. The largest absolute Gasteiger partial charge is 0.305 e. The van der Waals surface area contributed by atoms with Crippen molar-refractivity contribution in [3.8, 4) is 0 Å². The van der Waals surface area contributed by atoms with Crippen LogP contribution in [0.15, 0.2) is 35.7 Å². The van der Waals surface area contributed by atoms with Gasteiger partial charge in [0, 0.05) is 14.5 Å². The Morgan fingerprint density at radius 1 is 1.29 bits per heavy atom. The highest BCUT2D eigenvalue weighted by atomic mass is 35.5. The smallest absolute Gasteiger partial charge is 0.123 e. The Morgan fingerprint density at radius 3 is 2.86 bits per heavy atom. The van der Waals surface area contributed by atoms with Crippen molar-refractivity contribution in [1.29, 1.82) is 0 Å². The van der Waals surface area contributed by atoms with E-state index in [-0.39, 0.29) is 11.9 Å². The average Bonchev–Trinajstić information content (AvgIpc) is 3.06. The lowest BCUT2D eigenvalue weighted by Crippen LogP contribution is -2.21. The first kappa shape index (κ1) is 15.0. The quantitative estimate of drug-likeness (QED) is 0.615. The van der Waals surface area contributed by atoms with E-state index in [1.165, 1.54) is 10.9 Å². The lowest BCUT2D eigenvalue weighted by atomic mass is 10.1. The Kier molecular flexibility index (Phi) is 4.60. The number of hydrogen-bond acceptors (Lipinski definition) is 3. The summed E-state index contributed by atoms with van der Waals surface area (Å²) in [5.74, 6) is -0.195. The molecule has 3 rings (SSSR count). The highest BCUT2D eigenvalue weighted by Gasteiger charge is 2.20. The first-order chi connectivity index (χ1) is 10.2. The Labute approximate surface area is 136 Å². The van der Waals surface area contributed by atoms with Crippen LogP contribution in [-0.4, -0.2) is 6.54 Å². The normalized spacial score (nSPS) is 12.9. The second-order valence-electron chi connectivity index (χ2n) is 4.85. The summed E-state index contributed by atoms with van der Waals surface area (Å²) in [5, 5.41) is 7.29. The molecule has 1 atom stereocenters. The van der Waals surface area contributed by atoms with Crippen LogP contribution in [0, 0.1) is 5.82 Å². The summed E-state index contributed by atoms with van der Waals surface area (Å²) in [5.41, 5.74) is 0. The topological polar surface area (TPSA) is 12.0 Å². The van der Waals surface area contributed by atoms with Crippen molar-refractivity contribution in [2.45, 2.75) is 19.4 Å². The van der Waals surface area contributed by atoms with Gasteiger partial charge in [0.25, 0.3) is 0 Å². The standard InChI is InChI=1S/C16H15ClFNS2/c1-2-6-19-15(16-12(17)5-7-20-16)14-9-10-8-11(18)3-4-13(10)21-14/h3-5,7-9,15,19H,2,6H2,1H3. The number of fused-ring (bicyclic) bond motifs is 1. The van der Waals surface area contributed by atoms with E-state index < -0.39 is 0 Å². The van der Waals surface area contributed by atoms with Crippen LogP contribution in [0.4, 0.5) is 4.39 Å². The molecule has 1 nitrogen and oxygen atoms in total. The van der Waals surface area contributed by atoms with E-state index in [9.17, 15) is 4.39 Å². The fourth-order valence-electron chi connectivity index (χ4n) is 2.30. The van der Waals surface area contributed by atoms with Crippen molar-refractivity contribution in [2.24, 2.45) is 0 Å². The van der Waals surface area contributed by atoms with Gasteiger partial charge in [0.1, 0.15) is 5.82 Å². The molecular weight excluding hydrogens is 325 g/mol. The first-order valence-corrected chi connectivity index (χ1v) is 8.91. The summed E-state index contributed by atoms with van der Waals surface area (Å²) in [7, 11) is 0. The molecule has 0 fully saturated rings. The third kappa shape index (κ3) is 3.14. The van der Waals surface area contributed by atoms with Crippen LogP contribution in [0.1, 0.15) is 29.1 Å².